The lowest BCUT2D eigenvalue weighted by Gasteiger charge is -2.50. The molecule has 1 unspecified atom stereocenters. The Morgan fingerprint density at radius 2 is 1.90 bits per heavy atom. The number of halogens is 3. The van der Waals surface area contributed by atoms with Crippen LogP contribution in [0.2, 0.25) is 0 Å². The van der Waals surface area contributed by atoms with E-state index >= 15 is 0 Å². The van der Waals surface area contributed by atoms with Gasteiger partial charge in [-0.25, -0.2) is 0 Å². The van der Waals surface area contributed by atoms with Crippen molar-refractivity contribution >= 4 is 17.3 Å². The molecule has 0 amide bonds. The number of phenolic OH excluding ortho intramolecular Hbond substituents is 1. The van der Waals surface area contributed by atoms with Crippen molar-refractivity contribution in [2.24, 2.45) is 11.8 Å². The maximum atomic E-state index is 14.6. The van der Waals surface area contributed by atoms with Crippen molar-refractivity contribution in [2.45, 2.75) is 63.4 Å². The summed E-state index contributed by atoms with van der Waals surface area (Å²) in [5.74, 6) is -7.96. The average Bonchev–Trinajstić information content (AvgIpc) is 3.39. The van der Waals surface area contributed by atoms with Gasteiger partial charge < -0.3 is 25.7 Å². The summed E-state index contributed by atoms with van der Waals surface area (Å²) in [5, 5.41) is 47.9. The van der Waals surface area contributed by atoms with Gasteiger partial charge in [0.1, 0.15) is 22.8 Å². The molecule has 1 aromatic carbocycles. The number of nitrogens with zero attached hydrogens (tertiary/aromatic N) is 1. The highest BCUT2D eigenvalue weighted by Gasteiger charge is 2.63. The van der Waals surface area contributed by atoms with Crippen molar-refractivity contribution < 1.29 is 48.0 Å². The van der Waals surface area contributed by atoms with Gasteiger partial charge in [0.15, 0.2) is 17.2 Å². The Kier molecular flexibility index (Phi) is 6.67. The molecule has 9 nitrogen and oxygen atoms in total. The molecule has 5 N–H and O–H groups in total. The predicted octanol–water partition coefficient (Wildman–Crippen LogP) is 3.06. The van der Waals surface area contributed by atoms with Gasteiger partial charge in [-0.2, -0.15) is 13.2 Å². The molecule has 3 aliphatic carbocycles. The Balaban J connectivity index is 1.74. The highest BCUT2D eigenvalue weighted by molar-refractivity contribution is 6.25. The third kappa shape index (κ3) is 3.83. The number of aromatic hydroxyl groups is 1. The summed E-state index contributed by atoms with van der Waals surface area (Å²) in [4.78, 5) is 41.1. The van der Waals surface area contributed by atoms with Crippen molar-refractivity contribution in [1.29, 1.82) is 0 Å². The molecule has 1 aliphatic heterocycles. The number of phenols is 1. The summed E-state index contributed by atoms with van der Waals surface area (Å²) in [7, 11) is 1.56. The minimum Gasteiger partial charge on any atom is -0.510 e. The number of likely N-dealkylation sites (N-methyl/N-ethyl adjacent to an activating group) is 1. The second-order valence-electron chi connectivity index (χ2n) is 11.1. The minimum atomic E-state index is -4.86. The van der Waals surface area contributed by atoms with E-state index < -0.39 is 105 Å². The SMILES string of the molecule is CCN(C)[C@@H]1C(O)=C(C(C)=O)C(=O)[C@@]2(O)C(O)=C3C(=O)c4c(O)cc(C5CCCN5)c(C(F)(F)F)c4C[C@H]3C[C@@H]12. The first-order chi connectivity index (χ1) is 18.7. The van der Waals surface area contributed by atoms with Crippen molar-refractivity contribution in [3.63, 3.8) is 0 Å². The maximum absolute atomic E-state index is 14.6. The molecule has 0 bridgehead atoms. The molecule has 0 spiro atoms. The lowest BCUT2D eigenvalue weighted by Crippen LogP contribution is -2.63. The van der Waals surface area contributed by atoms with Crippen molar-refractivity contribution in [3.8, 4) is 5.75 Å². The number of rotatable bonds is 4. The fourth-order valence-electron chi connectivity index (χ4n) is 7.12. The Morgan fingerprint density at radius 3 is 2.45 bits per heavy atom. The normalized spacial score (nSPS) is 30.5. The third-order valence-corrected chi connectivity index (χ3v) is 9.00. The van der Waals surface area contributed by atoms with E-state index in [0.29, 0.717) is 19.4 Å². The van der Waals surface area contributed by atoms with E-state index in [0.717, 1.165) is 13.0 Å². The molecule has 216 valence electrons. The van der Waals surface area contributed by atoms with Crippen molar-refractivity contribution in [1.82, 2.24) is 10.2 Å². The molecule has 0 aromatic heterocycles. The Morgan fingerprint density at radius 1 is 1.23 bits per heavy atom. The smallest absolute Gasteiger partial charge is 0.417 e. The molecule has 12 heteroatoms. The predicted molar refractivity (Wildman–Crippen MR) is 135 cm³/mol. The highest BCUT2D eigenvalue weighted by atomic mass is 19.4. The van der Waals surface area contributed by atoms with Gasteiger partial charge in [0.2, 0.25) is 5.78 Å². The van der Waals surface area contributed by atoms with Crippen LogP contribution in [0.1, 0.15) is 66.2 Å². The average molecular weight is 565 g/mol. The number of benzene rings is 1. The van der Waals surface area contributed by atoms with Gasteiger partial charge in [-0.3, -0.25) is 19.3 Å². The largest absolute Gasteiger partial charge is 0.510 e. The van der Waals surface area contributed by atoms with Crippen LogP contribution in [0.3, 0.4) is 0 Å². The molecular formula is C28H31F3N2O7. The summed E-state index contributed by atoms with van der Waals surface area (Å²) in [6, 6.07) is -0.889. The second kappa shape index (κ2) is 9.42. The van der Waals surface area contributed by atoms with E-state index in [-0.39, 0.29) is 18.5 Å². The topological polar surface area (TPSA) is 147 Å². The lowest BCUT2D eigenvalue weighted by atomic mass is 9.58. The Labute approximate surface area is 228 Å². The summed E-state index contributed by atoms with van der Waals surface area (Å²) in [6.07, 6.45) is -4.46. The summed E-state index contributed by atoms with van der Waals surface area (Å²) >= 11 is 0. The van der Waals surface area contributed by atoms with Crippen molar-refractivity contribution in [2.75, 3.05) is 20.1 Å². The Hall–Kier alpha value is -3.22. The summed E-state index contributed by atoms with van der Waals surface area (Å²) < 4.78 is 43.7. The van der Waals surface area contributed by atoms with E-state index in [4.69, 9.17) is 0 Å². The second-order valence-corrected chi connectivity index (χ2v) is 11.1. The summed E-state index contributed by atoms with van der Waals surface area (Å²) in [5.41, 5.74) is -6.19. The highest BCUT2D eigenvalue weighted by Crippen LogP contribution is 2.54. The molecule has 1 heterocycles. The number of hydrogen-bond donors (Lipinski definition) is 5. The number of carbonyl (C=O) groups is 3. The zero-order valence-corrected chi connectivity index (χ0v) is 22.2. The maximum Gasteiger partial charge on any atom is 0.417 e. The molecule has 5 atom stereocenters. The van der Waals surface area contributed by atoms with Crippen LogP contribution in [0, 0.1) is 11.8 Å². The van der Waals surface area contributed by atoms with E-state index in [9.17, 15) is 48.0 Å². The summed E-state index contributed by atoms with van der Waals surface area (Å²) in [6.45, 7) is 3.52. The van der Waals surface area contributed by atoms with Gasteiger partial charge in [0, 0.05) is 17.5 Å². The molecule has 40 heavy (non-hydrogen) atoms. The van der Waals surface area contributed by atoms with Crippen LogP contribution in [0.4, 0.5) is 13.2 Å². The molecular weight excluding hydrogens is 533 g/mol. The van der Waals surface area contributed by atoms with Gasteiger partial charge in [0.25, 0.3) is 0 Å². The molecule has 5 rings (SSSR count). The van der Waals surface area contributed by atoms with Gasteiger partial charge in [-0.1, -0.05) is 6.92 Å². The van der Waals surface area contributed by atoms with Crippen LogP contribution in [-0.4, -0.2) is 74.5 Å². The zero-order chi connectivity index (χ0) is 29.5. The van der Waals surface area contributed by atoms with Crippen molar-refractivity contribution in [3.05, 3.63) is 51.0 Å². The number of fused-ring (bicyclic) bond motifs is 3. The Bertz CT molecular complexity index is 1390. The first-order valence-corrected chi connectivity index (χ1v) is 13.2. The number of Topliss-reactive ketones (excluding diaryl/α,β-unsaturated/α-hetero) is 3. The number of ketones is 3. The van der Waals surface area contributed by atoms with E-state index in [1.165, 1.54) is 0 Å². The third-order valence-electron chi connectivity index (χ3n) is 9.00. The molecule has 1 aromatic rings. The number of hydrogen-bond acceptors (Lipinski definition) is 9. The fraction of sp³-hybridized carbons (Fsp3) is 0.536. The van der Waals surface area contributed by atoms with Crippen LogP contribution in [0.5, 0.6) is 5.75 Å². The number of aliphatic hydroxyl groups is 3. The van der Waals surface area contributed by atoms with Gasteiger partial charge >= 0.3 is 6.18 Å². The number of allylic oxidation sites excluding steroid dienone is 1. The zero-order valence-electron chi connectivity index (χ0n) is 22.2. The van der Waals surface area contributed by atoms with Crippen LogP contribution in [0.25, 0.3) is 0 Å². The van der Waals surface area contributed by atoms with E-state index in [1.54, 1.807) is 18.9 Å². The molecule has 1 fully saturated rings. The first kappa shape index (κ1) is 28.3. The monoisotopic (exact) mass is 564 g/mol. The molecule has 0 radical (unpaired) electrons. The van der Waals surface area contributed by atoms with Gasteiger partial charge in [0.05, 0.1) is 17.2 Å². The van der Waals surface area contributed by atoms with Crippen LogP contribution in [0.15, 0.2) is 28.7 Å². The van der Waals surface area contributed by atoms with Crippen LogP contribution >= 0.6 is 0 Å². The number of aliphatic hydroxyl groups excluding tert-OH is 2. The first-order valence-electron chi connectivity index (χ1n) is 13.2. The van der Waals surface area contributed by atoms with E-state index in [1.807, 2.05) is 0 Å². The molecule has 1 saturated heterocycles. The molecule has 0 saturated carbocycles. The van der Waals surface area contributed by atoms with E-state index in [2.05, 4.69) is 5.32 Å². The van der Waals surface area contributed by atoms with Crippen LogP contribution < -0.4 is 5.32 Å². The van der Waals surface area contributed by atoms with Gasteiger partial charge in [-0.15, -0.1) is 0 Å². The number of alkyl halides is 3. The van der Waals surface area contributed by atoms with Gasteiger partial charge in [-0.05, 0) is 75.9 Å². The minimum absolute atomic E-state index is 0.166. The van der Waals surface area contributed by atoms with Crippen LogP contribution in [-0.2, 0) is 22.2 Å². The number of nitrogens with one attached hydrogen (secondary N) is 1. The quantitative estimate of drug-likeness (QED) is 0.348. The molecule has 4 aliphatic rings. The fourth-order valence-corrected chi connectivity index (χ4v) is 7.12. The lowest BCUT2D eigenvalue weighted by molar-refractivity contribution is -0.148. The number of carbonyl (C=O) groups excluding carboxylic acids is 3. The standard InChI is InChI=1S/C28H31F3N2O7/c1-4-33(3)22-15-9-12-8-14-20(17(35)10-13(16-6-5-7-32-16)21(14)28(29,30)31)23(36)19(12)26(39)27(15,40)25(38)18(11(2)34)24(22)37/h10,12,15-16,22,32,35,37,39-40H,4-9H2,1-3H3/t12-,15-,16?,22-,27+/m0/s1.